The number of hydrogen-bond donors (Lipinski definition) is 3. The van der Waals surface area contributed by atoms with Gasteiger partial charge in [0.25, 0.3) is 5.91 Å². The fourth-order valence-corrected chi connectivity index (χ4v) is 3.71. The van der Waals surface area contributed by atoms with Gasteiger partial charge in [-0.15, -0.1) is 15.7 Å². The predicted octanol–water partition coefficient (Wildman–Crippen LogP) is 0.110. The second-order valence-electron chi connectivity index (χ2n) is 4.15. The minimum absolute atomic E-state index is 0.0114. The third-order valence-corrected chi connectivity index (χ3v) is 5.33. The molecule has 0 aliphatic heterocycles. The molecule has 0 saturated carbocycles. The monoisotopic (exact) mass is 293 g/mol. The number of nitrogens with two attached hydrogens (primary N) is 1. The van der Waals surface area contributed by atoms with Gasteiger partial charge >= 0.3 is 0 Å². The van der Waals surface area contributed by atoms with Gasteiger partial charge in [0.1, 0.15) is 14.8 Å². The topological polar surface area (TPSA) is 126 Å². The zero-order chi connectivity index (χ0) is 14.1. The van der Waals surface area contributed by atoms with Crippen LogP contribution in [-0.4, -0.2) is 25.3 Å². The molecule has 0 saturated heterocycles. The van der Waals surface area contributed by atoms with Gasteiger partial charge in [0.2, 0.25) is 0 Å². The van der Waals surface area contributed by atoms with Gasteiger partial charge in [-0.1, -0.05) is 0 Å². The Hall–Kier alpha value is -0.870. The largest absolute Gasteiger partial charge is 0.390 e. The smallest absolute Gasteiger partial charge is 0.251 e. The second-order valence-corrected chi connectivity index (χ2v) is 7.13. The lowest BCUT2D eigenvalue weighted by Gasteiger charge is -2.12. The normalized spacial score (nSPS) is 15.2. The van der Waals surface area contributed by atoms with E-state index < -0.39 is 28.0 Å². The van der Waals surface area contributed by atoms with Crippen molar-refractivity contribution < 1.29 is 19.2 Å². The first-order valence-electron chi connectivity index (χ1n) is 4.97. The van der Waals surface area contributed by atoms with Gasteiger partial charge < -0.3 is 10.2 Å². The van der Waals surface area contributed by atoms with E-state index in [0.717, 1.165) is 18.3 Å². The van der Waals surface area contributed by atoms with Gasteiger partial charge in [0, 0.05) is 6.92 Å². The minimum Gasteiger partial charge on any atom is -0.390 e. The Bertz CT molecular complexity index is 579. The van der Waals surface area contributed by atoms with Crippen LogP contribution in [-0.2, 0) is 26.9 Å². The van der Waals surface area contributed by atoms with Crippen molar-refractivity contribution in [1.29, 1.82) is 0 Å². The van der Waals surface area contributed by atoms with Gasteiger partial charge in [-0.25, -0.2) is 14.3 Å². The number of rotatable bonds is 3. The molecule has 1 amide bonds. The standard InChI is InChI=1S/C9H15N3O4S2/c1-5(14)12-18(10,16)7-6(4-13)11-8(17-7)9(2,3)15/h13,15H,4H2,1-3H3,(H2,10,12,14,16). The van der Waals surface area contributed by atoms with Crippen LogP contribution in [0.1, 0.15) is 31.5 Å². The summed E-state index contributed by atoms with van der Waals surface area (Å²) in [7, 11) is -3.43. The molecule has 1 atom stereocenters. The van der Waals surface area contributed by atoms with Crippen LogP contribution in [0.15, 0.2) is 8.57 Å². The molecule has 1 heterocycles. The van der Waals surface area contributed by atoms with Crippen LogP contribution in [0.25, 0.3) is 0 Å². The number of thiazole rings is 1. The number of carbonyl (C=O) groups is 1. The van der Waals surface area contributed by atoms with E-state index in [1.165, 1.54) is 13.8 Å². The summed E-state index contributed by atoms with van der Waals surface area (Å²) in [5.41, 5.74) is -1.19. The summed E-state index contributed by atoms with van der Waals surface area (Å²) in [5, 5.41) is 24.7. The Kier molecular flexibility index (Phi) is 4.23. The summed E-state index contributed by atoms with van der Waals surface area (Å²) in [6, 6.07) is 0. The molecule has 0 bridgehead atoms. The summed E-state index contributed by atoms with van der Waals surface area (Å²) in [4.78, 5) is 14.8. The van der Waals surface area contributed by atoms with Crippen LogP contribution in [0.5, 0.6) is 0 Å². The highest BCUT2D eigenvalue weighted by Gasteiger charge is 2.26. The predicted molar refractivity (Wildman–Crippen MR) is 67.0 cm³/mol. The van der Waals surface area contributed by atoms with E-state index in [-0.39, 0.29) is 14.9 Å². The Labute approximate surface area is 109 Å². The summed E-state index contributed by atoms with van der Waals surface area (Å²) in [6.45, 7) is 3.63. The van der Waals surface area contributed by atoms with Crippen molar-refractivity contribution >= 4 is 27.2 Å². The molecule has 18 heavy (non-hydrogen) atoms. The molecule has 0 spiro atoms. The molecule has 4 N–H and O–H groups in total. The molecular weight excluding hydrogens is 278 g/mol. The van der Waals surface area contributed by atoms with Crippen molar-refractivity contribution in [3.05, 3.63) is 10.7 Å². The van der Waals surface area contributed by atoms with E-state index >= 15 is 0 Å². The van der Waals surface area contributed by atoms with Gasteiger partial charge in [-0.3, -0.25) is 4.79 Å². The lowest BCUT2D eigenvalue weighted by Crippen LogP contribution is -2.14. The van der Waals surface area contributed by atoms with Crippen LogP contribution in [0.2, 0.25) is 0 Å². The van der Waals surface area contributed by atoms with Gasteiger partial charge in [0.15, 0.2) is 9.92 Å². The molecule has 102 valence electrons. The fraction of sp³-hybridized carbons (Fsp3) is 0.556. The Balaban J connectivity index is 3.47. The van der Waals surface area contributed by atoms with Crippen molar-refractivity contribution in [3.8, 4) is 0 Å². The van der Waals surface area contributed by atoms with Crippen LogP contribution in [0.3, 0.4) is 0 Å². The molecule has 0 fully saturated rings. The highest BCUT2D eigenvalue weighted by molar-refractivity contribution is 7.93. The van der Waals surface area contributed by atoms with E-state index in [4.69, 9.17) is 10.2 Å². The van der Waals surface area contributed by atoms with E-state index in [2.05, 4.69) is 9.35 Å². The van der Waals surface area contributed by atoms with Gasteiger partial charge in [0.05, 0.1) is 12.3 Å². The number of amides is 1. The first kappa shape index (κ1) is 15.2. The van der Waals surface area contributed by atoms with Gasteiger partial charge in [-0.05, 0) is 13.8 Å². The molecular formula is C9H15N3O4S2. The summed E-state index contributed by atoms with van der Waals surface area (Å²) < 4.78 is 15.4. The van der Waals surface area contributed by atoms with Crippen LogP contribution in [0.4, 0.5) is 0 Å². The number of aliphatic hydroxyl groups excluding tert-OH is 1. The average Bonchev–Trinajstić information content (AvgIpc) is 2.58. The van der Waals surface area contributed by atoms with Gasteiger partial charge in [-0.2, -0.15) is 0 Å². The van der Waals surface area contributed by atoms with E-state index in [9.17, 15) is 14.1 Å². The average molecular weight is 293 g/mol. The summed E-state index contributed by atoms with van der Waals surface area (Å²) in [5.74, 6) is -0.676. The van der Waals surface area contributed by atoms with E-state index in [0.29, 0.717) is 0 Å². The van der Waals surface area contributed by atoms with Crippen molar-refractivity contribution in [2.24, 2.45) is 9.50 Å². The fourth-order valence-electron chi connectivity index (χ4n) is 1.16. The van der Waals surface area contributed by atoms with Crippen molar-refractivity contribution in [2.75, 3.05) is 0 Å². The van der Waals surface area contributed by atoms with Crippen molar-refractivity contribution in [3.63, 3.8) is 0 Å². The second kappa shape index (κ2) is 5.02. The lowest BCUT2D eigenvalue weighted by atomic mass is 10.2. The Morgan fingerprint density at radius 3 is 2.56 bits per heavy atom. The van der Waals surface area contributed by atoms with Crippen LogP contribution in [0, 0.1) is 0 Å². The Morgan fingerprint density at radius 2 is 2.17 bits per heavy atom. The number of aromatic nitrogens is 1. The summed E-state index contributed by atoms with van der Waals surface area (Å²) >= 11 is 0.872. The zero-order valence-corrected chi connectivity index (χ0v) is 11.8. The summed E-state index contributed by atoms with van der Waals surface area (Å²) in [6.07, 6.45) is 0. The van der Waals surface area contributed by atoms with Crippen molar-refractivity contribution in [1.82, 2.24) is 4.98 Å². The van der Waals surface area contributed by atoms with Crippen molar-refractivity contribution in [2.45, 2.75) is 37.2 Å². The maximum absolute atomic E-state index is 12.1. The number of carbonyl (C=O) groups excluding carboxylic acids is 1. The molecule has 0 aliphatic carbocycles. The number of aliphatic hydroxyl groups is 2. The first-order valence-corrected chi connectivity index (χ1v) is 7.36. The maximum atomic E-state index is 12.1. The quantitative estimate of drug-likeness (QED) is 0.729. The van der Waals surface area contributed by atoms with Crippen LogP contribution >= 0.6 is 11.3 Å². The third-order valence-electron chi connectivity index (χ3n) is 1.86. The minimum atomic E-state index is -3.43. The van der Waals surface area contributed by atoms with Crippen LogP contribution < -0.4 is 5.14 Å². The molecule has 0 aliphatic rings. The highest BCUT2D eigenvalue weighted by Crippen LogP contribution is 2.31. The first-order chi connectivity index (χ1) is 8.08. The number of nitrogens with zero attached hydrogens (tertiary/aromatic N) is 2. The van der Waals surface area contributed by atoms with E-state index in [1.54, 1.807) is 0 Å². The highest BCUT2D eigenvalue weighted by atomic mass is 32.2. The molecule has 1 rings (SSSR count). The molecule has 1 unspecified atom stereocenters. The molecule has 7 nitrogen and oxygen atoms in total. The molecule has 1 aromatic rings. The molecule has 0 radical (unpaired) electrons. The SMILES string of the molecule is CC(=O)N=S(N)(=O)c1sc(C(C)(C)O)nc1CO. The zero-order valence-electron chi connectivity index (χ0n) is 10.2. The maximum Gasteiger partial charge on any atom is 0.251 e. The van der Waals surface area contributed by atoms with E-state index in [1.807, 2.05) is 0 Å². The molecule has 0 aromatic carbocycles. The third kappa shape index (κ3) is 3.33. The lowest BCUT2D eigenvalue weighted by molar-refractivity contribution is -0.115. The molecule has 9 heteroatoms. The Morgan fingerprint density at radius 1 is 1.61 bits per heavy atom. The number of hydrogen-bond acceptors (Lipinski definition) is 6. The molecule has 1 aromatic heterocycles.